The van der Waals surface area contributed by atoms with Gasteiger partial charge in [-0.2, -0.15) is 5.10 Å². The summed E-state index contributed by atoms with van der Waals surface area (Å²) in [6, 6.07) is 4.31. The lowest BCUT2D eigenvalue weighted by molar-refractivity contribution is 0.0602. The van der Waals surface area contributed by atoms with E-state index in [1.54, 1.807) is 4.52 Å². The molecule has 6 nitrogen and oxygen atoms in total. The van der Waals surface area contributed by atoms with Gasteiger partial charge in [-0.15, -0.1) is 0 Å². The zero-order valence-electron chi connectivity index (χ0n) is 14.5. The summed E-state index contributed by atoms with van der Waals surface area (Å²) < 4.78 is 1.80. The highest BCUT2D eigenvalue weighted by Gasteiger charge is 2.30. The van der Waals surface area contributed by atoms with Gasteiger partial charge in [0.1, 0.15) is 5.69 Å². The highest BCUT2D eigenvalue weighted by atomic mass is 16.2. The van der Waals surface area contributed by atoms with Crippen molar-refractivity contribution in [3.05, 3.63) is 29.2 Å². The zero-order chi connectivity index (χ0) is 16.7. The molecular weight excluding hydrogens is 302 g/mol. The molecule has 1 atom stereocenters. The van der Waals surface area contributed by atoms with E-state index in [2.05, 4.69) is 15.0 Å². The predicted molar refractivity (Wildman–Crippen MR) is 92.2 cm³/mol. The SMILES string of the molecule is Cc1cc2nc(C(=O)N3CCC[C@H](N4CCCC4)C3)cc(C)n2n1. The minimum atomic E-state index is 0.0587. The first kappa shape index (κ1) is 15.6. The smallest absolute Gasteiger partial charge is 0.272 e. The van der Waals surface area contributed by atoms with Crippen LogP contribution >= 0.6 is 0 Å². The highest BCUT2D eigenvalue weighted by molar-refractivity contribution is 5.93. The lowest BCUT2D eigenvalue weighted by atomic mass is 10.0. The number of rotatable bonds is 2. The summed E-state index contributed by atoms with van der Waals surface area (Å²) in [5, 5.41) is 4.41. The van der Waals surface area contributed by atoms with Gasteiger partial charge in [-0.3, -0.25) is 9.69 Å². The van der Waals surface area contributed by atoms with Gasteiger partial charge >= 0.3 is 0 Å². The second-order valence-corrected chi connectivity index (χ2v) is 7.13. The molecule has 2 saturated heterocycles. The number of aromatic nitrogens is 3. The van der Waals surface area contributed by atoms with Crippen molar-refractivity contribution in [1.29, 1.82) is 0 Å². The zero-order valence-corrected chi connectivity index (χ0v) is 14.5. The minimum Gasteiger partial charge on any atom is -0.336 e. The van der Waals surface area contributed by atoms with Crippen molar-refractivity contribution in [2.75, 3.05) is 26.2 Å². The Bertz CT molecular complexity index is 762. The molecule has 2 aliphatic rings. The molecule has 2 aromatic heterocycles. The van der Waals surface area contributed by atoms with Gasteiger partial charge in [0, 0.05) is 30.9 Å². The summed E-state index contributed by atoms with van der Waals surface area (Å²) in [6.07, 6.45) is 4.88. The van der Waals surface area contributed by atoms with Crippen LogP contribution in [0.25, 0.3) is 5.65 Å². The van der Waals surface area contributed by atoms with Gasteiger partial charge < -0.3 is 4.90 Å². The maximum Gasteiger partial charge on any atom is 0.272 e. The molecule has 1 amide bonds. The van der Waals surface area contributed by atoms with Gasteiger partial charge in [-0.25, -0.2) is 9.50 Å². The molecule has 24 heavy (non-hydrogen) atoms. The Labute approximate surface area is 142 Å². The van der Waals surface area contributed by atoms with Crippen molar-refractivity contribution in [2.45, 2.75) is 45.6 Å². The number of carbonyl (C=O) groups is 1. The fraction of sp³-hybridized carbons (Fsp3) is 0.611. The van der Waals surface area contributed by atoms with Crippen LogP contribution in [0.1, 0.15) is 47.6 Å². The predicted octanol–water partition coefficient (Wildman–Crippen LogP) is 2.05. The van der Waals surface area contributed by atoms with Crippen LogP contribution in [0.15, 0.2) is 12.1 Å². The van der Waals surface area contributed by atoms with Crippen molar-refractivity contribution < 1.29 is 4.79 Å². The first-order valence-electron chi connectivity index (χ1n) is 8.99. The summed E-state index contributed by atoms with van der Waals surface area (Å²) >= 11 is 0. The number of likely N-dealkylation sites (tertiary alicyclic amines) is 2. The molecule has 0 aromatic carbocycles. The molecule has 4 rings (SSSR count). The lowest BCUT2D eigenvalue weighted by Crippen LogP contribution is -2.49. The summed E-state index contributed by atoms with van der Waals surface area (Å²) in [6.45, 7) is 7.97. The Hall–Kier alpha value is -1.95. The number of aryl methyl sites for hydroxylation is 2. The maximum atomic E-state index is 13.0. The average molecular weight is 327 g/mol. The van der Waals surface area contributed by atoms with E-state index in [4.69, 9.17) is 0 Å². The molecule has 0 aliphatic carbocycles. The summed E-state index contributed by atoms with van der Waals surface area (Å²) in [4.78, 5) is 22.1. The molecule has 2 aromatic rings. The van der Waals surface area contributed by atoms with Crippen LogP contribution in [0.4, 0.5) is 0 Å². The number of hydrogen-bond donors (Lipinski definition) is 0. The highest BCUT2D eigenvalue weighted by Crippen LogP contribution is 2.22. The van der Waals surface area contributed by atoms with Gasteiger partial charge in [0.15, 0.2) is 5.65 Å². The molecule has 128 valence electrons. The van der Waals surface area contributed by atoms with E-state index in [9.17, 15) is 4.79 Å². The second kappa shape index (κ2) is 6.16. The Morgan fingerprint density at radius 1 is 1.12 bits per heavy atom. The van der Waals surface area contributed by atoms with Crippen molar-refractivity contribution in [2.24, 2.45) is 0 Å². The van der Waals surface area contributed by atoms with E-state index >= 15 is 0 Å². The number of amides is 1. The fourth-order valence-electron chi connectivity index (χ4n) is 4.06. The largest absolute Gasteiger partial charge is 0.336 e. The Morgan fingerprint density at radius 2 is 1.92 bits per heavy atom. The van der Waals surface area contributed by atoms with Gasteiger partial charge in [0.25, 0.3) is 5.91 Å². The lowest BCUT2D eigenvalue weighted by Gasteiger charge is -2.37. The number of nitrogens with zero attached hydrogens (tertiary/aromatic N) is 5. The van der Waals surface area contributed by atoms with Gasteiger partial charge in [-0.05, 0) is 58.7 Å². The molecule has 2 fully saturated rings. The number of fused-ring (bicyclic) bond motifs is 1. The third kappa shape index (κ3) is 2.79. The standard InChI is InChI=1S/C18H25N5O/c1-13-10-17-19-16(11-14(2)23(17)20-13)18(24)22-9-5-6-15(12-22)21-7-3-4-8-21/h10-11,15H,3-9,12H2,1-2H3/t15-/m0/s1. The molecular formula is C18H25N5O. The van der Waals surface area contributed by atoms with Crippen LogP contribution in [0, 0.1) is 13.8 Å². The van der Waals surface area contributed by atoms with Gasteiger partial charge in [0.2, 0.25) is 0 Å². The topological polar surface area (TPSA) is 53.7 Å². The van der Waals surface area contributed by atoms with Crippen molar-refractivity contribution >= 4 is 11.6 Å². The molecule has 6 heteroatoms. The molecule has 0 unspecified atom stereocenters. The third-order valence-corrected chi connectivity index (χ3v) is 5.29. The maximum absolute atomic E-state index is 13.0. The Balaban J connectivity index is 1.56. The van der Waals surface area contributed by atoms with Crippen LogP contribution in [0.3, 0.4) is 0 Å². The number of piperidine rings is 1. The monoisotopic (exact) mass is 327 g/mol. The summed E-state index contributed by atoms with van der Waals surface area (Å²) in [5.74, 6) is 0.0587. The van der Waals surface area contributed by atoms with Crippen molar-refractivity contribution in [3.63, 3.8) is 0 Å². The average Bonchev–Trinajstić information content (AvgIpc) is 3.23. The Kier molecular flexibility index (Phi) is 4.00. The van der Waals surface area contributed by atoms with E-state index in [0.717, 1.165) is 36.5 Å². The van der Waals surface area contributed by atoms with E-state index < -0.39 is 0 Å². The van der Waals surface area contributed by atoms with Crippen molar-refractivity contribution in [3.8, 4) is 0 Å². The van der Waals surface area contributed by atoms with Crippen LogP contribution in [0.5, 0.6) is 0 Å². The van der Waals surface area contributed by atoms with Crippen LogP contribution in [-0.4, -0.2) is 62.5 Å². The molecule has 0 saturated carbocycles. The first-order valence-corrected chi connectivity index (χ1v) is 8.99. The fourth-order valence-corrected chi connectivity index (χ4v) is 4.06. The van der Waals surface area contributed by atoms with Crippen LogP contribution in [-0.2, 0) is 0 Å². The van der Waals surface area contributed by atoms with Crippen LogP contribution in [0.2, 0.25) is 0 Å². The van der Waals surface area contributed by atoms with E-state index in [-0.39, 0.29) is 5.91 Å². The number of carbonyl (C=O) groups excluding carboxylic acids is 1. The van der Waals surface area contributed by atoms with E-state index in [0.29, 0.717) is 11.7 Å². The van der Waals surface area contributed by atoms with E-state index in [1.165, 1.54) is 32.4 Å². The van der Waals surface area contributed by atoms with Gasteiger partial charge in [0.05, 0.1) is 5.69 Å². The molecule has 2 aliphatic heterocycles. The molecule has 4 heterocycles. The first-order chi connectivity index (χ1) is 11.6. The van der Waals surface area contributed by atoms with Crippen LogP contribution < -0.4 is 0 Å². The minimum absolute atomic E-state index is 0.0587. The Morgan fingerprint density at radius 3 is 2.71 bits per heavy atom. The van der Waals surface area contributed by atoms with Crippen molar-refractivity contribution in [1.82, 2.24) is 24.4 Å². The number of hydrogen-bond acceptors (Lipinski definition) is 4. The molecule has 0 radical (unpaired) electrons. The summed E-state index contributed by atoms with van der Waals surface area (Å²) in [5.41, 5.74) is 3.16. The second-order valence-electron chi connectivity index (χ2n) is 7.13. The summed E-state index contributed by atoms with van der Waals surface area (Å²) in [7, 11) is 0. The molecule has 0 spiro atoms. The third-order valence-electron chi connectivity index (χ3n) is 5.29. The quantitative estimate of drug-likeness (QED) is 0.847. The van der Waals surface area contributed by atoms with Gasteiger partial charge in [-0.1, -0.05) is 0 Å². The normalized spacial score (nSPS) is 22.4. The molecule has 0 bridgehead atoms. The van der Waals surface area contributed by atoms with E-state index in [1.807, 2.05) is 30.9 Å². The molecule has 0 N–H and O–H groups in total.